The Kier molecular flexibility index (Phi) is 7.70. The van der Waals surface area contributed by atoms with E-state index in [1.807, 2.05) is 49.3 Å². The van der Waals surface area contributed by atoms with Gasteiger partial charge in [-0.25, -0.2) is 18.2 Å². The van der Waals surface area contributed by atoms with Crippen LogP contribution in [0, 0.1) is 0 Å². The van der Waals surface area contributed by atoms with Gasteiger partial charge >= 0.3 is 6.16 Å². The second kappa shape index (κ2) is 11.0. The number of anilines is 1. The Morgan fingerprint density at radius 3 is 2.29 bits per heavy atom. The minimum absolute atomic E-state index is 0.0978. The lowest BCUT2D eigenvalue weighted by Gasteiger charge is -2.24. The molecule has 1 aromatic heterocycles. The number of sulfonamides is 1. The first-order valence-corrected chi connectivity index (χ1v) is 13.5. The quantitative estimate of drug-likeness (QED) is 0.164. The lowest BCUT2D eigenvalue weighted by Crippen LogP contribution is -2.35. The topological polar surface area (TPSA) is 136 Å². The van der Waals surface area contributed by atoms with Crippen molar-refractivity contribution >= 4 is 44.2 Å². The molecule has 3 N–H and O–H groups in total. The van der Waals surface area contributed by atoms with Crippen molar-refractivity contribution in [2.45, 2.75) is 0 Å². The lowest BCUT2D eigenvalue weighted by molar-refractivity contribution is 0.144. The van der Waals surface area contributed by atoms with Crippen LogP contribution in [-0.4, -0.2) is 73.8 Å². The van der Waals surface area contributed by atoms with Gasteiger partial charge in [0.1, 0.15) is 5.75 Å². The zero-order valence-corrected chi connectivity index (χ0v) is 21.9. The zero-order chi connectivity index (χ0) is 27.4. The van der Waals surface area contributed by atoms with Crippen molar-refractivity contribution < 1.29 is 28.2 Å². The Labute approximate surface area is 220 Å². The monoisotopic (exact) mass is 536 g/mol. The molecular formula is C27H28N4O6S. The molecule has 38 heavy (non-hydrogen) atoms. The van der Waals surface area contributed by atoms with Gasteiger partial charge in [0, 0.05) is 29.6 Å². The highest BCUT2D eigenvalue weighted by molar-refractivity contribution is 7.92. The molecule has 0 unspecified atom stereocenters. The summed E-state index contributed by atoms with van der Waals surface area (Å²) in [5.41, 5.74) is 3.12. The third kappa shape index (κ3) is 6.13. The van der Waals surface area contributed by atoms with E-state index in [0.29, 0.717) is 52.2 Å². The highest BCUT2D eigenvalue weighted by Gasteiger charge is 2.21. The normalized spacial score (nSPS) is 12.2. The van der Waals surface area contributed by atoms with Gasteiger partial charge in [0.25, 0.3) is 0 Å². The molecule has 11 heteroatoms. The first-order valence-electron chi connectivity index (χ1n) is 11.7. The number of aromatic nitrogens is 1. The van der Waals surface area contributed by atoms with Crippen molar-refractivity contribution in [2.75, 3.05) is 37.7 Å². The van der Waals surface area contributed by atoms with E-state index in [-0.39, 0.29) is 11.6 Å². The van der Waals surface area contributed by atoms with Crippen molar-refractivity contribution in [3.8, 4) is 11.6 Å². The Morgan fingerprint density at radius 1 is 1.00 bits per heavy atom. The number of H-pyrrole nitrogens is 1. The summed E-state index contributed by atoms with van der Waals surface area (Å²) in [5.74, 6) is -0.0424. The number of hydrogen-bond acceptors (Lipinski definition) is 7. The first kappa shape index (κ1) is 26.7. The van der Waals surface area contributed by atoms with Crippen LogP contribution in [0.3, 0.4) is 0 Å². The molecule has 3 aromatic carbocycles. The van der Waals surface area contributed by atoms with Crippen molar-refractivity contribution in [3.05, 3.63) is 83.9 Å². The number of hydrogen-bond donors (Lipinski definition) is 3. The van der Waals surface area contributed by atoms with Crippen LogP contribution in [0.25, 0.3) is 10.9 Å². The van der Waals surface area contributed by atoms with Gasteiger partial charge in [-0.15, -0.1) is 0 Å². The maximum Gasteiger partial charge on any atom is 0.511 e. The molecule has 0 aliphatic heterocycles. The fourth-order valence-electron chi connectivity index (χ4n) is 4.02. The van der Waals surface area contributed by atoms with E-state index in [4.69, 9.17) is 14.8 Å². The standard InChI is InChI=1S/C27H28N4O6S/c1-30(2)15-16-31(38(3,35)36)20-11-9-19(10-12-20)28-25(18-7-5-4-6-8-18)24-22-17-21(37-27(33)34)13-14-23(22)29-26(24)32/h4-14,17,29,32H,15-16H2,1-3H3,(H,33,34). The van der Waals surface area contributed by atoms with Crippen LogP contribution in [-0.2, 0) is 10.0 Å². The van der Waals surface area contributed by atoms with Gasteiger partial charge in [-0.2, -0.15) is 0 Å². The summed E-state index contributed by atoms with van der Waals surface area (Å²) in [6.45, 7) is 0.853. The number of aromatic amines is 1. The number of benzene rings is 3. The largest absolute Gasteiger partial charge is 0.511 e. The molecule has 10 nitrogen and oxygen atoms in total. The van der Waals surface area contributed by atoms with E-state index in [1.165, 1.54) is 22.7 Å². The fraction of sp³-hybridized carbons (Fsp3) is 0.185. The SMILES string of the molecule is CN(C)CCN(c1ccc(N=C(c2ccccc2)c2c(O)[nH]c3ccc(OC(=O)O)cc23)cc1)S(C)(=O)=O. The smallest absolute Gasteiger partial charge is 0.494 e. The summed E-state index contributed by atoms with van der Waals surface area (Å²) in [7, 11) is 0.260. The molecule has 0 aliphatic rings. The first-order chi connectivity index (χ1) is 18.0. The summed E-state index contributed by atoms with van der Waals surface area (Å²) in [5, 5.41) is 20.4. The molecule has 0 saturated heterocycles. The van der Waals surface area contributed by atoms with E-state index in [9.17, 15) is 18.3 Å². The number of carboxylic acid groups (broad SMARTS) is 1. The van der Waals surface area contributed by atoms with Crippen molar-refractivity contribution in [2.24, 2.45) is 4.99 Å². The molecule has 0 bridgehead atoms. The van der Waals surface area contributed by atoms with Crippen LogP contribution in [0.4, 0.5) is 16.2 Å². The van der Waals surface area contributed by atoms with Gasteiger partial charge < -0.3 is 24.8 Å². The van der Waals surface area contributed by atoms with Crippen molar-refractivity contribution in [3.63, 3.8) is 0 Å². The van der Waals surface area contributed by atoms with Crippen LogP contribution in [0.5, 0.6) is 11.6 Å². The van der Waals surface area contributed by atoms with Crippen LogP contribution in [0.15, 0.2) is 77.8 Å². The third-order valence-electron chi connectivity index (χ3n) is 5.77. The minimum atomic E-state index is -3.49. The Hall–Kier alpha value is -4.35. The number of nitrogens with zero attached hydrogens (tertiary/aromatic N) is 3. The Bertz CT molecular complexity index is 1580. The molecule has 0 spiro atoms. The highest BCUT2D eigenvalue weighted by atomic mass is 32.2. The maximum atomic E-state index is 12.4. The second-order valence-electron chi connectivity index (χ2n) is 8.91. The second-order valence-corrected chi connectivity index (χ2v) is 10.8. The minimum Gasteiger partial charge on any atom is -0.494 e. The fourth-order valence-corrected chi connectivity index (χ4v) is 4.94. The number of nitrogens with one attached hydrogen (secondary N) is 1. The predicted molar refractivity (Wildman–Crippen MR) is 148 cm³/mol. The molecule has 0 saturated carbocycles. The van der Waals surface area contributed by atoms with E-state index >= 15 is 0 Å². The number of carbonyl (C=O) groups is 1. The van der Waals surface area contributed by atoms with Crippen LogP contribution < -0.4 is 9.04 Å². The van der Waals surface area contributed by atoms with Gasteiger partial charge in [-0.05, 0) is 56.6 Å². The van der Waals surface area contributed by atoms with Crippen LogP contribution in [0.1, 0.15) is 11.1 Å². The van der Waals surface area contributed by atoms with E-state index in [1.54, 1.807) is 30.3 Å². The average Bonchev–Trinajstić information content (AvgIpc) is 3.17. The maximum absolute atomic E-state index is 12.4. The molecule has 0 aliphatic carbocycles. The number of likely N-dealkylation sites (N-methyl/N-ethyl adjacent to an activating group) is 1. The number of aromatic hydroxyl groups is 1. The number of aliphatic imine (C=N–C) groups is 1. The average molecular weight is 537 g/mol. The van der Waals surface area contributed by atoms with Crippen molar-refractivity contribution in [1.82, 2.24) is 9.88 Å². The van der Waals surface area contributed by atoms with E-state index in [0.717, 1.165) is 0 Å². The van der Waals surface area contributed by atoms with E-state index in [2.05, 4.69) is 4.98 Å². The summed E-state index contributed by atoms with van der Waals surface area (Å²) in [6.07, 6.45) is -0.277. The highest BCUT2D eigenvalue weighted by Crippen LogP contribution is 2.34. The lowest BCUT2D eigenvalue weighted by atomic mass is 10.0. The molecular weight excluding hydrogens is 508 g/mol. The Morgan fingerprint density at radius 2 is 1.68 bits per heavy atom. The molecule has 198 valence electrons. The Balaban J connectivity index is 1.81. The van der Waals surface area contributed by atoms with Gasteiger partial charge in [0.15, 0.2) is 5.88 Å². The molecule has 0 radical (unpaired) electrons. The van der Waals surface area contributed by atoms with Crippen LogP contribution >= 0.6 is 0 Å². The summed E-state index contributed by atoms with van der Waals surface area (Å²) < 4.78 is 31.0. The summed E-state index contributed by atoms with van der Waals surface area (Å²) >= 11 is 0. The van der Waals surface area contributed by atoms with E-state index < -0.39 is 16.2 Å². The van der Waals surface area contributed by atoms with Gasteiger partial charge in [0.05, 0.1) is 28.9 Å². The molecule has 4 aromatic rings. The number of fused-ring (bicyclic) bond motifs is 1. The summed E-state index contributed by atoms with van der Waals surface area (Å²) in [4.78, 5) is 20.7. The summed E-state index contributed by atoms with van der Waals surface area (Å²) in [6, 6.07) is 20.6. The molecule has 1 heterocycles. The molecule has 4 rings (SSSR count). The number of rotatable bonds is 9. The number of ether oxygens (including phenoxy) is 1. The predicted octanol–water partition coefficient (Wildman–Crippen LogP) is 4.43. The molecule has 0 fully saturated rings. The van der Waals surface area contributed by atoms with Gasteiger partial charge in [-0.1, -0.05) is 30.3 Å². The third-order valence-corrected chi connectivity index (χ3v) is 6.96. The zero-order valence-electron chi connectivity index (χ0n) is 21.1. The van der Waals surface area contributed by atoms with Crippen LogP contribution in [0.2, 0.25) is 0 Å². The molecule has 0 atom stereocenters. The van der Waals surface area contributed by atoms with Gasteiger partial charge in [-0.3, -0.25) is 4.31 Å². The van der Waals surface area contributed by atoms with Gasteiger partial charge in [0.2, 0.25) is 10.0 Å². The van der Waals surface area contributed by atoms with Crippen molar-refractivity contribution in [1.29, 1.82) is 0 Å². The molecule has 0 amide bonds.